The molecule has 0 spiro atoms. The van der Waals surface area contributed by atoms with Crippen molar-refractivity contribution in [2.24, 2.45) is 0 Å². The lowest BCUT2D eigenvalue weighted by Crippen LogP contribution is -2.44. The number of nitrogens with zero attached hydrogens (tertiary/aromatic N) is 3. The van der Waals surface area contributed by atoms with Gasteiger partial charge in [0.25, 0.3) is 5.89 Å². The minimum atomic E-state index is 0. The number of hydrogen-bond acceptors (Lipinski definition) is 6. The number of rotatable bonds is 2. The van der Waals surface area contributed by atoms with E-state index in [1.54, 1.807) is 0 Å². The number of likely N-dealkylation sites (N-methyl/N-ethyl adjacent to an activating group) is 1. The molecule has 1 fully saturated rings. The molecular formula is C16H23ClN4OS. The maximum absolute atomic E-state index is 5.56. The zero-order valence-electron chi connectivity index (χ0n) is 13.4. The van der Waals surface area contributed by atoms with E-state index in [4.69, 9.17) is 4.52 Å². The van der Waals surface area contributed by atoms with E-state index in [-0.39, 0.29) is 18.4 Å². The normalized spacial score (nSPS) is 22.2. The van der Waals surface area contributed by atoms with Crippen molar-refractivity contribution in [3.63, 3.8) is 0 Å². The quantitative estimate of drug-likeness (QED) is 0.840. The van der Waals surface area contributed by atoms with Gasteiger partial charge in [-0.05, 0) is 44.4 Å². The van der Waals surface area contributed by atoms with E-state index in [2.05, 4.69) is 33.5 Å². The number of piperazine rings is 1. The fourth-order valence-corrected chi connectivity index (χ4v) is 4.51. The van der Waals surface area contributed by atoms with Gasteiger partial charge in [0.1, 0.15) is 0 Å². The van der Waals surface area contributed by atoms with Crippen LogP contribution < -0.4 is 5.32 Å². The van der Waals surface area contributed by atoms with Crippen molar-refractivity contribution in [2.45, 2.75) is 38.1 Å². The fraction of sp³-hybridized carbons (Fsp3) is 0.625. The van der Waals surface area contributed by atoms with Gasteiger partial charge in [0.2, 0.25) is 0 Å². The molecule has 1 aliphatic carbocycles. The van der Waals surface area contributed by atoms with Gasteiger partial charge in [0, 0.05) is 24.5 Å². The Hall–Kier alpha value is -0.950. The van der Waals surface area contributed by atoms with E-state index in [0.717, 1.165) is 30.3 Å². The number of thiophene rings is 1. The van der Waals surface area contributed by atoms with E-state index in [0.29, 0.717) is 5.89 Å². The molecule has 1 saturated heterocycles. The Labute approximate surface area is 146 Å². The first-order valence-electron chi connectivity index (χ1n) is 8.18. The molecule has 0 saturated carbocycles. The number of aryl methyl sites for hydroxylation is 2. The summed E-state index contributed by atoms with van der Waals surface area (Å²) < 4.78 is 5.56. The second kappa shape index (κ2) is 7.30. The molecule has 3 heterocycles. The molecule has 0 amide bonds. The predicted molar refractivity (Wildman–Crippen MR) is 94.4 cm³/mol. The molecule has 0 bridgehead atoms. The SMILES string of the molecule is CN1CCNCC1c1noc(-c2cc3c(s2)CCCCC3)n1.Cl. The van der Waals surface area contributed by atoms with Crippen molar-refractivity contribution in [3.8, 4) is 10.8 Å². The van der Waals surface area contributed by atoms with E-state index < -0.39 is 0 Å². The minimum Gasteiger partial charge on any atom is -0.333 e. The van der Waals surface area contributed by atoms with Gasteiger partial charge >= 0.3 is 0 Å². The number of hydrogen-bond donors (Lipinski definition) is 1. The Balaban J connectivity index is 0.00000156. The Morgan fingerprint density at radius 2 is 2.17 bits per heavy atom. The van der Waals surface area contributed by atoms with Crippen LogP contribution in [-0.4, -0.2) is 41.7 Å². The van der Waals surface area contributed by atoms with Crippen molar-refractivity contribution in [2.75, 3.05) is 26.7 Å². The summed E-state index contributed by atoms with van der Waals surface area (Å²) in [6.45, 7) is 2.92. The molecule has 126 valence electrons. The molecule has 1 N–H and O–H groups in total. The summed E-state index contributed by atoms with van der Waals surface area (Å²) in [7, 11) is 2.12. The molecule has 2 aromatic rings. The van der Waals surface area contributed by atoms with Gasteiger partial charge in [-0.2, -0.15) is 4.98 Å². The zero-order chi connectivity index (χ0) is 14.9. The summed E-state index contributed by atoms with van der Waals surface area (Å²) >= 11 is 1.84. The Morgan fingerprint density at radius 3 is 3.04 bits per heavy atom. The highest BCUT2D eigenvalue weighted by molar-refractivity contribution is 7.15. The van der Waals surface area contributed by atoms with E-state index >= 15 is 0 Å². The van der Waals surface area contributed by atoms with Crippen LogP contribution in [0.25, 0.3) is 10.8 Å². The van der Waals surface area contributed by atoms with Crippen LogP contribution >= 0.6 is 23.7 Å². The lowest BCUT2D eigenvalue weighted by Gasteiger charge is -2.30. The smallest absolute Gasteiger partial charge is 0.268 e. The zero-order valence-corrected chi connectivity index (χ0v) is 15.0. The Morgan fingerprint density at radius 1 is 1.30 bits per heavy atom. The molecule has 23 heavy (non-hydrogen) atoms. The lowest BCUT2D eigenvalue weighted by molar-refractivity contribution is 0.190. The van der Waals surface area contributed by atoms with Crippen LogP contribution in [0.4, 0.5) is 0 Å². The molecule has 1 aliphatic heterocycles. The van der Waals surface area contributed by atoms with Crippen molar-refractivity contribution in [1.82, 2.24) is 20.4 Å². The largest absolute Gasteiger partial charge is 0.333 e. The monoisotopic (exact) mass is 354 g/mol. The summed E-state index contributed by atoms with van der Waals surface area (Å²) in [6.07, 6.45) is 6.36. The standard InChI is InChI=1S/C16H22N4OS.ClH/c1-20-8-7-17-10-12(20)15-18-16(21-19-15)14-9-11-5-3-2-4-6-13(11)22-14;/h9,12,17H,2-8,10H2,1H3;1H. The molecule has 0 radical (unpaired) electrons. The van der Waals surface area contributed by atoms with Crippen molar-refractivity contribution in [3.05, 3.63) is 22.3 Å². The molecule has 1 unspecified atom stereocenters. The van der Waals surface area contributed by atoms with Crippen LogP contribution in [0.15, 0.2) is 10.6 Å². The van der Waals surface area contributed by atoms with Gasteiger partial charge in [-0.3, -0.25) is 4.90 Å². The Bertz CT molecular complexity index is 633. The fourth-order valence-electron chi connectivity index (χ4n) is 3.34. The molecule has 7 heteroatoms. The van der Waals surface area contributed by atoms with Crippen LogP contribution in [0.3, 0.4) is 0 Å². The number of aromatic nitrogens is 2. The minimum absolute atomic E-state index is 0. The summed E-state index contributed by atoms with van der Waals surface area (Å²) in [4.78, 5) is 9.61. The predicted octanol–water partition coefficient (Wildman–Crippen LogP) is 3.06. The summed E-state index contributed by atoms with van der Waals surface area (Å²) in [6, 6.07) is 2.48. The van der Waals surface area contributed by atoms with Gasteiger partial charge < -0.3 is 9.84 Å². The van der Waals surface area contributed by atoms with E-state index in [9.17, 15) is 0 Å². The van der Waals surface area contributed by atoms with Gasteiger partial charge in [0.05, 0.1) is 10.9 Å². The van der Waals surface area contributed by atoms with Gasteiger partial charge in [0.15, 0.2) is 5.82 Å². The first-order chi connectivity index (χ1) is 10.8. The number of fused-ring (bicyclic) bond motifs is 1. The van der Waals surface area contributed by atoms with Crippen LogP contribution in [0.2, 0.25) is 0 Å². The summed E-state index contributed by atoms with van der Waals surface area (Å²) in [5.74, 6) is 1.49. The van der Waals surface area contributed by atoms with Crippen LogP contribution in [-0.2, 0) is 12.8 Å². The van der Waals surface area contributed by atoms with Crippen molar-refractivity contribution < 1.29 is 4.52 Å². The number of halogens is 1. The van der Waals surface area contributed by atoms with Crippen LogP contribution in [0, 0.1) is 0 Å². The third-order valence-corrected chi connectivity index (χ3v) is 5.93. The first kappa shape index (κ1) is 16.9. The summed E-state index contributed by atoms with van der Waals surface area (Å²) in [5.41, 5.74) is 1.49. The highest BCUT2D eigenvalue weighted by Crippen LogP contribution is 2.35. The average molecular weight is 355 g/mol. The second-order valence-corrected chi connectivity index (χ2v) is 7.41. The van der Waals surface area contributed by atoms with Crippen molar-refractivity contribution in [1.29, 1.82) is 0 Å². The van der Waals surface area contributed by atoms with E-state index in [1.165, 1.54) is 42.5 Å². The van der Waals surface area contributed by atoms with Gasteiger partial charge in [-0.25, -0.2) is 0 Å². The van der Waals surface area contributed by atoms with Gasteiger partial charge in [-0.1, -0.05) is 11.6 Å². The topological polar surface area (TPSA) is 54.2 Å². The molecule has 2 aromatic heterocycles. The van der Waals surface area contributed by atoms with E-state index in [1.807, 2.05) is 11.3 Å². The molecule has 4 rings (SSSR count). The Kier molecular flexibility index (Phi) is 5.36. The highest BCUT2D eigenvalue weighted by Gasteiger charge is 2.26. The average Bonchev–Trinajstić information content (AvgIpc) is 3.10. The van der Waals surface area contributed by atoms with Gasteiger partial charge in [-0.15, -0.1) is 23.7 Å². The van der Waals surface area contributed by atoms with Crippen molar-refractivity contribution >= 4 is 23.7 Å². The maximum atomic E-state index is 5.56. The molecule has 1 atom stereocenters. The first-order valence-corrected chi connectivity index (χ1v) is 8.99. The molecular weight excluding hydrogens is 332 g/mol. The number of nitrogens with one attached hydrogen (secondary N) is 1. The second-order valence-electron chi connectivity index (χ2n) is 6.28. The van der Waals surface area contributed by atoms with Crippen LogP contribution in [0.5, 0.6) is 0 Å². The summed E-state index contributed by atoms with van der Waals surface area (Å²) in [5, 5.41) is 7.63. The third-order valence-electron chi connectivity index (χ3n) is 4.71. The lowest BCUT2D eigenvalue weighted by atomic mass is 10.1. The highest BCUT2D eigenvalue weighted by atomic mass is 35.5. The molecule has 0 aromatic carbocycles. The molecule has 2 aliphatic rings. The maximum Gasteiger partial charge on any atom is 0.268 e. The third kappa shape index (κ3) is 3.45. The van der Waals surface area contributed by atoms with Crippen LogP contribution in [0.1, 0.15) is 41.6 Å². The molecule has 5 nitrogen and oxygen atoms in total.